The Morgan fingerprint density at radius 3 is 3.20 bits per heavy atom. The number of hydrogen-bond acceptors (Lipinski definition) is 4. The molecule has 2 aromatic heterocycles. The van der Waals surface area contributed by atoms with Crippen molar-refractivity contribution in [1.29, 1.82) is 0 Å². The standard InChI is InChI=1S/C5H2BrN3S/c6-4-3-1-7-2-8-5(3)10-9-4/h1-2H. The number of rotatable bonds is 0. The zero-order valence-corrected chi connectivity index (χ0v) is 7.19. The van der Waals surface area contributed by atoms with Crippen molar-refractivity contribution in [2.24, 2.45) is 0 Å². The minimum Gasteiger partial charge on any atom is -0.244 e. The predicted octanol–water partition coefficient (Wildman–Crippen LogP) is 1.85. The summed E-state index contributed by atoms with van der Waals surface area (Å²) < 4.78 is 4.88. The van der Waals surface area contributed by atoms with Crippen LogP contribution in [0.25, 0.3) is 10.2 Å². The highest BCUT2D eigenvalue weighted by Gasteiger charge is 2.01. The lowest BCUT2D eigenvalue weighted by molar-refractivity contribution is 1.23. The third kappa shape index (κ3) is 0.819. The SMILES string of the molecule is Brc1nsc2ncncc12. The van der Waals surface area contributed by atoms with Gasteiger partial charge in [-0.2, -0.15) is 4.37 Å². The second kappa shape index (κ2) is 2.25. The molecule has 5 heteroatoms. The fourth-order valence-corrected chi connectivity index (χ4v) is 1.91. The van der Waals surface area contributed by atoms with Gasteiger partial charge in [0.15, 0.2) is 0 Å². The lowest BCUT2D eigenvalue weighted by Crippen LogP contribution is -1.73. The van der Waals surface area contributed by atoms with Crippen LogP contribution in [-0.2, 0) is 0 Å². The molecule has 0 amide bonds. The highest BCUT2D eigenvalue weighted by Crippen LogP contribution is 2.22. The summed E-state index contributed by atoms with van der Waals surface area (Å²) in [4.78, 5) is 8.81. The lowest BCUT2D eigenvalue weighted by atomic mass is 10.5. The molecule has 0 spiro atoms. The number of aromatic nitrogens is 3. The first-order chi connectivity index (χ1) is 4.88. The fraction of sp³-hybridized carbons (Fsp3) is 0. The van der Waals surface area contributed by atoms with Gasteiger partial charge in [-0.1, -0.05) is 0 Å². The van der Waals surface area contributed by atoms with Gasteiger partial charge in [-0.05, 0) is 27.5 Å². The topological polar surface area (TPSA) is 38.7 Å². The first-order valence-electron chi connectivity index (χ1n) is 2.59. The van der Waals surface area contributed by atoms with Crippen LogP contribution in [0.15, 0.2) is 17.1 Å². The van der Waals surface area contributed by atoms with Gasteiger partial charge in [-0.25, -0.2) is 9.97 Å². The Bertz CT molecular complexity index is 358. The van der Waals surface area contributed by atoms with Gasteiger partial charge >= 0.3 is 0 Å². The van der Waals surface area contributed by atoms with Gasteiger partial charge in [0.05, 0.1) is 5.39 Å². The van der Waals surface area contributed by atoms with Crippen molar-refractivity contribution in [1.82, 2.24) is 14.3 Å². The van der Waals surface area contributed by atoms with E-state index in [1.54, 1.807) is 6.20 Å². The summed E-state index contributed by atoms with van der Waals surface area (Å²) in [5, 5.41) is 0.979. The third-order valence-electron chi connectivity index (χ3n) is 1.11. The van der Waals surface area contributed by atoms with E-state index < -0.39 is 0 Å². The smallest absolute Gasteiger partial charge is 0.147 e. The summed E-state index contributed by atoms with van der Waals surface area (Å²) in [5.41, 5.74) is 0. The minimum absolute atomic E-state index is 0.827. The van der Waals surface area contributed by atoms with Gasteiger partial charge in [0.25, 0.3) is 0 Å². The van der Waals surface area contributed by atoms with E-state index in [9.17, 15) is 0 Å². The van der Waals surface area contributed by atoms with E-state index in [0.717, 1.165) is 14.8 Å². The van der Waals surface area contributed by atoms with Crippen molar-refractivity contribution < 1.29 is 0 Å². The maximum Gasteiger partial charge on any atom is 0.147 e. The van der Waals surface area contributed by atoms with Crippen LogP contribution in [0.4, 0.5) is 0 Å². The van der Waals surface area contributed by atoms with E-state index in [4.69, 9.17) is 0 Å². The van der Waals surface area contributed by atoms with Crippen LogP contribution < -0.4 is 0 Å². The van der Waals surface area contributed by atoms with E-state index in [1.165, 1.54) is 17.9 Å². The quantitative estimate of drug-likeness (QED) is 0.674. The maximum atomic E-state index is 4.05. The van der Waals surface area contributed by atoms with E-state index in [2.05, 4.69) is 30.3 Å². The van der Waals surface area contributed by atoms with Gasteiger partial charge in [0.2, 0.25) is 0 Å². The summed E-state index contributed by atoms with van der Waals surface area (Å²) >= 11 is 4.65. The highest BCUT2D eigenvalue weighted by atomic mass is 79.9. The molecule has 0 saturated heterocycles. The minimum atomic E-state index is 0.827. The Hall–Kier alpha value is -0.550. The molecule has 0 unspecified atom stereocenters. The second-order valence-corrected chi connectivity index (χ2v) is 3.22. The zero-order chi connectivity index (χ0) is 6.97. The van der Waals surface area contributed by atoms with Crippen LogP contribution in [0.2, 0.25) is 0 Å². The van der Waals surface area contributed by atoms with Crippen LogP contribution in [0.5, 0.6) is 0 Å². The Kier molecular flexibility index (Phi) is 1.39. The molecule has 0 aliphatic rings. The summed E-state index contributed by atoms with van der Waals surface area (Å²) in [6.07, 6.45) is 3.27. The van der Waals surface area contributed by atoms with Crippen molar-refractivity contribution in [3.63, 3.8) is 0 Å². The molecule has 0 aliphatic carbocycles. The van der Waals surface area contributed by atoms with Crippen molar-refractivity contribution in [2.75, 3.05) is 0 Å². The predicted molar refractivity (Wildman–Crippen MR) is 42.9 cm³/mol. The van der Waals surface area contributed by atoms with Crippen LogP contribution in [0.3, 0.4) is 0 Å². The van der Waals surface area contributed by atoms with Crippen LogP contribution >= 0.6 is 27.5 Å². The molecule has 0 aliphatic heterocycles. The second-order valence-electron chi connectivity index (χ2n) is 1.71. The Labute approximate surface area is 69.4 Å². The maximum absolute atomic E-state index is 4.05. The van der Waals surface area contributed by atoms with Gasteiger partial charge in [-0.15, -0.1) is 0 Å². The van der Waals surface area contributed by atoms with Crippen LogP contribution in [0.1, 0.15) is 0 Å². The Morgan fingerprint density at radius 1 is 1.50 bits per heavy atom. The van der Waals surface area contributed by atoms with Crippen molar-refractivity contribution in [3.8, 4) is 0 Å². The summed E-state index contributed by atoms with van der Waals surface area (Å²) in [6.45, 7) is 0. The molecule has 0 aromatic carbocycles. The molecular weight excluding hydrogens is 214 g/mol. The van der Waals surface area contributed by atoms with Crippen molar-refractivity contribution in [2.45, 2.75) is 0 Å². The molecule has 2 heterocycles. The molecule has 0 saturated carbocycles. The highest BCUT2D eigenvalue weighted by molar-refractivity contribution is 9.10. The molecule has 0 N–H and O–H groups in total. The van der Waals surface area contributed by atoms with Crippen LogP contribution in [-0.4, -0.2) is 14.3 Å². The molecule has 2 rings (SSSR count). The average molecular weight is 216 g/mol. The fourth-order valence-electron chi connectivity index (χ4n) is 0.665. The molecule has 0 radical (unpaired) electrons. The summed E-state index contributed by atoms with van der Waals surface area (Å²) in [5.74, 6) is 0. The molecule has 0 atom stereocenters. The number of halogens is 1. The normalized spacial score (nSPS) is 10.5. The van der Waals surface area contributed by atoms with E-state index in [1.807, 2.05) is 0 Å². The Morgan fingerprint density at radius 2 is 2.40 bits per heavy atom. The first-order valence-corrected chi connectivity index (χ1v) is 4.15. The average Bonchev–Trinajstić information content (AvgIpc) is 2.34. The molecule has 0 fully saturated rings. The largest absolute Gasteiger partial charge is 0.244 e. The summed E-state index contributed by atoms with van der Waals surface area (Å²) in [7, 11) is 0. The Balaban J connectivity index is 2.93. The van der Waals surface area contributed by atoms with Gasteiger partial charge in [0.1, 0.15) is 15.8 Å². The van der Waals surface area contributed by atoms with Gasteiger partial charge in [-0.3, -0.25) is 0 Å². The third-order valence-corrected chi connectivity index (χ3v) is 2.72. The monoisotopic (exact) mass is 215 g/mol. The van der Waals surface area contributed by atoms with Crippen molar-refractivity contribution >= 4 is 37.7 Å². The van der Waals surface area contributed by atoms with Gasteiger partial charge < -0.3 is 0 Å². The molecule has 3 nitrogen and oxygen atoms in total. The first kappa shape index (κ1) is 6.18. The lowest BCUT2D eigenvalue weighted by Gasteiger charge is -1.82. The number of nitrogens with zero attached hydrogens (tertiary/aromatic N) is 3. The van der Waals surface area contributed by atoms with E-state index >= 15 is 0 Å². The van der Waals surface area contributed by atoms with Crippen LogP contribution in [0, 0.1) is 0 Å². The summed E-state index contributed by atoms with van der Waals surface area (Å²) in [6, 6.07) is 0. The molecule has 2 aromatic rings. The number of hydrogen-bond donors (Lipinski definition) is 0. The van der Waals surface area contributed by atoms with E-state index in [0.29, 0.717) is 0 Å². The molecule has 0 bridgehead atoms. The zero-order valence-electron chi connectivity index (χ0n) is 4.78. The van der Waals surface area contributed by atoms with Gasteiger partial charge in [0, 0.05) is 6.20 Å². The molecular formula is C5H2BrN3S. The molecule has 10 heavy (non-hydrogen) atoms. The van der Waals surface area contributed by atoms with Crippen molar-refractivity contribution in [3.05, 3.63) is 17.1 Å². The molecule has 50 valence electrons. The van der Waals surface area contributed by atoms with E-state index in [-0.39, 0.29) is 0 Å². The number of fused-ring (bicyclic) bond motifs is 1.